The first-order chi connectivity index (χ1) is 17.5. The molecule has 2 fully saturated rings. The van der Waals surface area contributed by atoms with Crippen molar-refractivity contribution in [1.29, 1.82) is 0 Å². The first-order valence-electron chi connectivity index (χ1n) is 12.7. The fourth-order valence-corrected chi connectivity index (χ4v) is 5.60. The van der Waals surface area contributed by atoms with Crippen LogP contribution in [0.1, 0.15) is 32.3 Å². The van der Waals surface area contributed by atoms with Gasteiger partial charge < -0.3 is 9.64 Å². The minimum atomic E-state index is -0.279. The van der Waals surface area contributed by atoms with E-state index < -0.39 is 0 Å². The van der Waals surface area contributed by atoms with Gasteiger partial charge in [0.05, 0.1) is 17.0 Å². The van der Waals surface area contributed by atoms with E-state index in [0.29, 0.717) is 5.88 Å². The van der Waals surface area contributed by atoms with Gasteiger partial charge in [-0.15, -0.1) is 0 Å². The number of aromatic nitrogens is 3. The average Bonchev–Trinajstić information content (AvgIpc) is 3.58. The van der Waals surface area contributed by atoms with Crippen LogP contribution in [0.5, 0.6) is 5.88 Å². The molecular formula is C29H31N5O2. The minimum absolute atomic E-state index is 0.0729. The van der Waals surface area contributed by atoms with E-state index >= 15 is 0 Å². The number of hydrogen-bond acceptors (Lipinski definition) is 5. The number of carbonyl (C=O) groups excluding carboxylic acids is 1. The van der Waals surface area contributed by atoms with Crippen LogP contribution < -0.4 is 9.64 Å². The number of nitrogens with zero attached hydrogens (tertiary/aromatic N) is 4. The monoisotopic (exact) mass is 481 g/mol. The highest BCUT2D eigenvalue weighted by atomic mass is 16.5. The Bertz CT molecular complexity index is 1380. The molecule has 2 aromatic carbocycles. The van der Waals surface area contributed by atoms with Crippen molar-refractivity contribution in [2.24, 2.45) is 5.41 Å². The molecule has 184 valence electrons. The maximum absolute atomic E-state index is 13.7. The quantitative estimate of drug-likeness (QED) is 0.418. The van der Waals surface area contributed by atoms with Crippen LogP contribution in [-0.4, -0.2) is 51.7 Å². The summed E-state index contributed by atoms with van der Waals surface area (Å²) in [5, 5.41) is 8.65. The Balaban J connectivity index is 1.22. The standard InChI is InChI=1S/C29H31N5O2/c1-20(2)36-26-11-8-22(17-30-26)27-24-16-23(9-10-25(24)31-32-27)34-15-13-29(28(34)35)12-14-33(19-29)18-21-6-4-3-5-7-21/h3-11,16-17,20H,12-15,18-19H2,1-2H3,(H,31,32). The second kappa shape index (κ2) is 9.06. The Kier molecular flexibility index (Phi) is 5.72. The van der Waals surface area contributed by atoms with E-state index in [1.807, 2.05) is 49.1 Å². The molecule has 1 N–H and O–H groups in total. The number of carbonyl (C=O) groups is 1. The van der Waals surface area contributed by atoms with Crippen LogP contribution in [0.25, 0.3) is 22.2 Å². The molecule has 1 atom stereocenters. The van der Waals surface area contributed by atoms with Crippen molar-refractivity contribution in [3.8, 4) is 17.1 Å². The van der Waals surface area contributed by atoms with Crippen LogP contribution >= 0.6 is 0 Å². The predicted octanol–water partition coefficient (Wildman–Crippen LogP) is 5.04. The van der Waals surface area contributed by atoms with Gasteiger partial charge in [0.1, 0.15) is 5.69 Å². The van der Waals surface area contributed by atoms with Crippen molar-refractivity contribution in [3.05, 3.63) is 72.4 Å². The van der Waals surface area contributed by atoms with Crippen molar-refractivity contribution in [1.82, 2.24) is 20.1 Å². The first kappa shape index (κ1) is 22.7. The lowest BCUT2D eigenvalue weighted by molar-refractivity contribution is -0.125. The van der Waals surface area contributed by atoms with Gasteiger partial charge >= 0.3 is 0 Å². The molecule has 6 rings (SSSR count). The average molecular weight is 482 g/mol. The molecule has 0 saturated carbocycles. The van der Waals surface area contributed by atoms with Crippen LogP contribution in [0.15, 0.2) is 66.9 Å². The van der Waals surface area contributed by atoms with Crippen LogP contribution in [0.3, 0.4) is 0 Å². The molecule has 4 heterocycles. The summed E-state index contributed by atoms with van der Waals surface area (Å²) in [6.07, 6.45) is 3.68. The number of pyridine rings is 1. The minimum Gasteiger partial charge on any atom is -0.475 e. The van der Waals surface area contributed by atoms with E-state index in [9.17, 15) is 4.79 Å². The van der Waals surface area contributed by atoms with E-state index in [4.69, 9.17) is 4.74 Å². The SMILES string of the molecule is CC(C)Oc1ccc(-c2n[nH]c3ccc(N4CCC5(CCN(Cc6ccccc6)C5)C4=O)cc23)cn1. The third-order valence-corrected chi connectivity index (χ3v) is 7.42. The lowest BCUT2D eigenvalue weighted by atomic mass is 9.85. The molecule has 1 amide bonds. The number of likely N-dealkylation sites (tertiary alicyclic amines) is 1. The maximum Gasteiger partial charge on any atom is 0.234 e. The highest BCUT2D eigenvalue weighted by molar-refractivity contribution is 6.03. The maximum atomic E-state index is 13.7. The van der Waals surface area contributed by atoms with Gasteiger partial charge in [-0.3, -0.25) is 14.8 Å². The number of nitrogens with one attached hydrogen (secondary N) is 1. The molecule has 2 aliphatic heterocycles. The second-order valence-electron chi connectivity index (χ2n) is 10.3. The molecule has 1 spiro atoms. The molecular weight excluding hydrogens is 450 g/mol. The third kappa shape index (κ3) is 4.13. The van der Waals surface area contributed by atoms with Crippen molar-refractivity contribution in [3.63, 3.8) is 0 Å². The molecule has 7 heteroatoms. The Hall–Kier alpha value is -3.71. The Labute approximate surface area is 211 Å². The van der Waals surface area contributed by atoms with Gasteiger partial charge in [-0.1, -0.05) is 30.3 Å². The molecule has 2 saturated heterocycles. The van der Waals surface area contributed by atoms with E-state index in [0.717, 1.165) is 66.9 Å². The van der Waals surface area contributed by atoms with Crippen molar-refractivity contribution < 1.29 is 9.53 Å². The highest BCUT2D eigenvalue weighted by Gasteiger charge is 2.50. The number of aromatic amines is 1. The van der Waals surface area contributed by atoms with Gasteiger partial charge in [0.15, 0.2) is 0 Å². The molecule has 2 aromatic heterocycles. The molecule has 0 bridgehead atoms. The highest BCUT2D eigenvalue weighted by Crippen LogP contribution is 2.43. The molecule has 0 radical (unpaired) electrons. The van der Waals surface area contributed by atoms with Crippen molar-refractivity contribution in [2.45, 2.75) is 39.3 Å². The summed E-state index contributed by atoms with van der Waals surface area (Å²) in [6.45, 7) is 7.40. The van der Waals surface area contributed by atoms with Gasteiger partial charge in [-0.25, -0.2) is 4.98 Å². The summed E-state index contributed by atoms with van der Waals surface area (Å²) in [5.74, 6) is 0.847. The van der Waals surface area contributed by atoms with Gasteiger partial charge in [-0.2, -0.15) is 5.10 Å². The zero-order chi connectivity index (χ0) is 24.7. The van der Waals surface area contributed by atoms with Gasteiger partial charge in [0.25, 0.3) is 0 Å². The van der Waals surface area contributed by atoms with Gasteiger partial charge in [0, 0.05) is 48.5 Å². The predicted molar refractivity (Wildman–Crippen MR) is 141 cm³/mol. The third-order valence-electron chi connectivity index (χ3n) is 7.42. The molecule has 4 aromatic rings. The number of rotatable bonds is 6. The number of amides is 1. The van der Waals surface area contributed by atoms with E-state index in [2.05, 4.69) is 50.4 Å². The fraction of sp³-hybridized carbons (Fsp3) is 0.345. The summed E-state index contributed by atoms with van der Waals surface area (Å²) in [5.41, 5.74) is 4.62. The number of hydrogen-bond donors (Lipinski definition) is 1. The normalized spacial score (nSPS) is 20.3. The zero-order valence-electron chi connectivity index (χ0n) is 20.8. The van der Waals surface area contributed by atoms with Crippen LogP contribution in [0, 0.1) is 5.41 Å². The topological polar surface area (TPSA) is 74.3 Å². The van der Waals surface area contributed by atoms with Crippen LogP contribution in [-0.2, 0) is 11.3 Å². The summed E-state index contributed by atoms with van der Waals surface area (Å²) in [4.78, 5) is 22.6. The molecule has 0 aliphatic carbocycles. The Morgan fingerprint density at radius 1 is 1.06 bits per heavy atom. The van der Waals surface area contributed by atoms with E-state index in [-0.39, 0.29) is 17.4 Å². The van der Waals surface area contributed by atoms with Crippen molar-refractivity contribution >= 4 is 22.5 Å². The van der Waals surface area contributed by atoms with E-state index in [1.54, 1.807) is 6.20 Å². The first-order valence-corrected chi connectivity index (χ1v) is 12.7. The van der Waals surface area contributed by atoms with Crippen molar-refractivity contribution in [2.75, 3.05) is 24.5 Å². The van der Waals surface area contributed by atoms with Crippen LogP contribution in [0.2, 0.25) is 0 Å². The Morgan fingerprint density at radius 2 is 1.89 bits per heavy atom. The molecule has 2 aliphatic rings. The summed E-state index contributed by atoms with van der Waals surface area (Å²) in [6, 6.07) is 20.5. The summed E-state index contributed by atoms with van der Waals surface area (Å²) in [7, 11) is 0. The fourth-order valence-electron chi connectivity index (χ4n) is 5.60. The number of benzene rings is 2. The number of ether oxygens (including phenoxy) is 1. The number of anilines is 1. The molecule has 36 heavy (non-hydrogen) atoms. The zero-order valence-corrected chi connectivity index (χ0v) is 20.8. The lowest BCUT2D eigenvalue weighted by Gasteiger charge is -2.24. The number of H-pyrrole nitrogens is 1. The van der Waals surface area contributed by atoms with Crippen LogP contribution in [0.4, 0.5) is 5.69 Å². The lowest BCUT2D eigenvalue weighted by Crippen LogP contribution is -2.36. The van der Waals surface area contributed by atoms with Gasteiger partial charge in [0.2, 0.25) is 11.8 Å². The number of fused-ring (bicyclic) bond motifs is 1. The van der Waals surface area contributed by atoms with Gasteiger partial charge in [-0.05, 0) is 63.1 Å². The molecule has 7 nitrogen and oxygen atoms in total. The second-order valence-corrected chi connectivity index (χ2v) is 10.3. The smallest absolute Gasteiger partial charge is 0.234 e. The summed E-state index contributed by atoms with van der Waals surface area (Å²) >= 11 is 0. The van der Waals surface area contributed by atoms with E-state index in [1.165, 1.54) is 5.56 Å². The molecule has 1 unspecified atom stereocenters. The Morgan fingerprint density at radius 3 is 2.67 bits per heavy atom. The largest absolute Gasteiger partial charge is 0.475 e. The summed E-state index contributed by atoms with van der Waals surface area (Å²) < 4.78 is 5.67.